The van der Waals surface area contributed by atoms with Gasteiger partial charge in [-0.25, -0.2) is 0 Å². The Hall–Kier alpha value is -3.55. The lowest BCUT2D eigenvalue weighted by molar-refractivity contribution is -0.384. The smallest absolute Gasteiger partial charge is 0.270 e. The van der Waals surface area contributed by atoms with Gasteiger partial charge < -0.3 is 9.72 Å². The molecule has 8 heteroatoms. The van der Waals surface area contributed by atoms with Crippen LogP contribution >= 0.6 is 0 Å². The highest BCUT2D eigenvalue weighted by Crippen LogP contribution is 2.38. The number of nitro groups is 1. The summed E-state index contributed by atoms with van der Waals surface area (Å²) in [5.74, 6) is 0.124. The van der Waals surface area contributed by atoms with Crippen LogP contribution in [0.2, 0.25) is 0 Å². The molecule has 118 valence electrons. The second-order valence-electron chi connectivity index (χ2n) is 5.29. The van der Waals surface area contributed by atoms with Crippen molar-refractivity contribution in [2.24, 2.45) is 0 Å². The fourth-order valence-electron chi connectivity index (χ4n) is 2.91. The van der Waals surface area contributed by atoms with Crippen molar-refractivity contribution in [3.8, 4) is 17.1 Å². The maximum Gasteiger partial charge on any atom is 0.270 e. The number of aromatic nitrogens is 2. The average Bonchev–Trinajstić information content (AvgIpc) is 2.86. The van der Waals surface area contributed by atoms with Gasteiger partial charge in [0.25, 0.3) is 11.2 Å². The molecule has 0 bridgehead atoms. The number of hydrogen-bond acceptors (Lipinski definition) is 6. The summed E-state index contributed by atoms with van der Waals surface area (Å²) >= 11 is 0. The molecule has 0 saturated carbocycles. The Morgan fingerprint density at radius 1 is 1.21 bits per heavy atom. The van der Waals surface area contributed by atoms with Gasteiger partial charge in [-0.15, -0.1) is 0 Å². The summed E-state index contributed by atoms with van der Waals surface area (Å²) in [7, 11) is 1.46. The number of nitrogens with one attached hydrogen (secondary N) is 1. The van der Waals surface area contributed by atoms with Crippen LogP contribution in [-0.4, -0.2) is 27.8 Å². The summed E-state index contributed by atoms with van der Waals surface area (Å²) in [6.07, 6.45) is 1.46. The molecule has 0 spiro atoms. The van der Waals surface area contributed by atoms with E-state index in [-0.39, 0.29) is 22.4 Å². The molecule has 0 fully saturated rings. The molecular weight excluding hydrogens is 314 g/mol. The predicted molar refractivity (Wildman–Crippen MR) is 84.4 cm³/mol. The minimum Gasteiger partial charge on any atom is -0.495 e. The highest BCUT2D eigenvalue weighted by molar-refractivity contribution is 6.26. The van der Waals surface area contributed by atoms with Crippen LogP contribution in [0.5, 0.6) is 5.75 Å². The number of hydrogen-bond donors (Lipinski definition) is 1. The molecule has 0 radical (unpaired) electrons. The predicted octanol–water partition coefficient (Wildman–Crippen LogP) is 2.05. The van der Waals surface area contributed by atoms with Crippen molar-refractivity contribution in [2.75, 3.05) is 7.11 Å². The second kappa shape index (κ2) is 4.72. The van der Waals surface area contributed by atoms with Gasteiger partial charge in [0.2, 0.25) is 0 Å². The van der Waals surface area contributed by atoms with E-state index >= 15 is 0 Å². The van der Waals surface area contributed by atoms with E-state index in [2.05, 4.69) is 9.97 Å². The third-order valence-corrected chi connectivity index (χ3v) is 4.02. The lowest BCUT2D eigenvalue weighted by Crippen LogP contribution is -2.10. The van der Waals surface area contributed by atoms with E-state index in [1.165, 1.54) is 31.5 Å². The normalized spacial score (nSPS) is 12.1. The van der Waals surface area contributed by atoms with Crippen LogP contribution in [0, 0.1) is 10.1 Å². The first-order chi connectivity index (χ1) is 11.5. The molecule has 3 aromatic rings. The zero-order valence-electron chi connectivity index (χ0n) is 12.3. The summed E-state index contributed by atoms with van der Waals surface area (Å²) in [6, 6.07) is 5.41. The van der Waals surface area contributed by atoms with Crippen molar-refractivity contribution >= 4 is 22.2 Å². The van der Waals surface area contributed by atoms with Crippen LogP contribution in [-0.2, 0) is 0 Å². The van der Waals surface area contributed by atoms with Crippen molar-refractivity contribution in [2.45, 2.75) is 0 Å². The van der Waals surface area contributed by atoms with Crippen LogP contribution in [0.25, 0.3) is 22.2 Å². The Balaban J connectivity index is 2.07. The maximum absolute atomic E-state index is 12.7. The van der Waals surface area contributed by atoms with E-state index in [0.717, 1.165) is 0 Å². The number of carbonyl (C=O) groups excluding carboxylic acids is 1. The molecule has 2 aromatic heterocycles. The number of ketones is 1. The topological polar surface area (TPSA) is 115 Å². The molecule has 1 aliphatic rings. The third-order valence-electron chi connectivity index (χ3n) is 4.02. The summed E-state index contributed by atoms with van der Waals surface area (Å²) in [6.45, 7) is 0. The van der Waals surface area contributed by atoms with Crippen molar-refractivity contribution in [3.63, 3.8) is 0 Å². The van der Waals surface area contributed by atoms with E-state index in [4.69, 9.17) is 4.74 Å². The summed E-state index contributed by atoms with van der Waals surface area (Å²) in [4.78, 5) is 42.2. The first-order valence-corrected chi connectivity index (χ1v) is 6.95. The average molecular weight is 323 g/mol. The van der Waals surface area contributed by atoms with E-state index in [1.54, 1.807) is 6.07 Å². The highest BCUT2D eigenvalue weighted by atomic mass is 16.6. The van der Waals surface area contributed by atoms with Crippen LogP contribution in [0.1, 0.15) is 15.9 Å². The van der Waals surface area contributed by atoms with E-state index in [0.29, 0.717) is 28.1 Å². The molecule has 0 saturated heterocycles. The quantitative estimate of drug-likeness (QED) is 0.446. The summed E-state index contributed by atoms with van der Waals surface area (Å²) in [5, 5.41) is 11.4. The molecule has 4 rings (SSSR count). The van der Waals surface area contributed by atoms with E-state index < -0.39 is 10.5 Å². The fraction of sp³-hybridized carbons (Fsp3) is 0.0625. The van der Waals surface area contributed by atoms with Crippen molar-refractivity contribution in [1.29, 1.82) is 0 Å². The monoisotopic (exact) mass is 323 g/mol. The van der Waals surface area contributed by atoms with Gasteiger partial charge in [-0.3, -0.25) is 24.7 Å². The molecule has 1 N–H and O–H groups in total. The van der Waals surface area contributed by atoms with Gasteiger partial charge >= 0.3 is 0 Å². The van der Waals surface area contributed by atoms with Crippen molar-refractivity contribution in [1.82, 2.24) is 9.97 Å². The lowest BCUT2D eigenvalue weighted by Gasteiger charge is -2.04. The first-order valence-electron chi connectivity index (χ1n) is 6.95. The molecule has 0 atom stereocenters. The number of nitro benzene ring substituents is 1. The number of carbonyl (C=O) groups is 1. The number of non-ortho nitro benzene ring substituents is 1. The van der Waals surface area contributed by atoms with Crippen LogP contribution < -0.4 is 10.3 Å². The number of rotatable bonds is 2. The molecule has 0 amide bonds. The van der Waals surface area contributed by atoms with Gasteiger partial charge in [0, 0.05) is 17.5 Å². The van der Waals surface area contributed by atoms with Crippen LogP contribution in [0.4, 0.5) is 5.69 Å². The zero-order valence-corrected chi connectivity index (χ0v) is 12.3. The Kier molecular flexibility index (Phi) is 2.77. The van der Waals surface area contributed by atoms with E-state index in [9.17, 15) is 19.7 Å². The van der Waals surface area contributed by atoms with Gasteiger partial charge in [-0.1, -0.05) is 0 Å². The number of ether oxygens (including phenoxy) is 1. The molecule has 0 unspecified atom stereocenters. The number of pyridine rings is 2. The molecule has 8 nitrogen and oxygen atoms in total. The number of nitrogens with zero attached hydrogens (tertiary/aromatic N) is 2. The SMILES string of the molecule is COc1cnc2c(c1)C(=O)c1c-2[nH]c(=O)c2cc([N+](=O)[O-])ccc12. The Labute approximate surface area is 133 Å². The number of methoxy groups -OCH3 is 1. The van der Waals surface area contributed by atoms with Gasteiger partial charge in [0.05, 0.1) is 46.1 Å². The maximum atomic E-state index is 12.7. The molecular formula is C16H9N3O5. The molecule has 24 heavy (non-hydrogen) atoms. The summed E-state index contributed by atoms with van der Waals surface area (Å²) < 4.78 is 5.08. The lowest BCUT2D eigenvalue weighted by atomic mass is 10.0. The van der Waals surface area contributed by atoms with Gasteiger partial charge in [0.15, 0.2) is 5.78 Å². The van der Waals surface area contributed by atoms with Gasteiger partial charge in [-0.05, 0) is 12.1 Å². The number of benzene rings is 1. The highest BCUT2D eigenvalue weighted by Gasteiger charge is 2.32. The minimum atomic E-state index is -0.588. The Morgan fingerprint density at radius 2 is 2.00 bits per heavy atom. The third kappa shape index (κ3) is 1.76. The standard InChI is InChI=1S/C16H9N3O5/c1-24-8-5-11-13(17-6-8)14-12(15(11)20)9-3-2-7(19(22)23)4-10(9)16(21)18-14/h2-6H,1H3,(H,18,21). The molecule has 2 heterocycles. The number of H-pyrrole nitrogens is 1. The molecule has 1 aliphatic carbocycles. The molecule has 1 aromatic carbocycles. The Bertz CT molecular complexity index is 1120. The van der Waals surface area contributed by atoms with Gasteiger partial charge in [-0.2, -0.15) is 0 Å². The Morgan fingerprint density at radius 3 is 2.71 bits per heavy atom. The zero-order chi connectivity index (χ0) is 17.0. The first kappa shape index (κ1) is 14.1. The number of aromatic amines is 1. The largest absolute Gasteiger partial charge is 0.495 e. The second-order valence-corrected chi connectivity index (χ2v) is 5.29. The fourth-order valence-corrected chi connectivity index (χ4v) is 2.91. The van der Waals surface area contributed by atoms with Crippen molar-refractivity contribution in [3.05, 3.63) is 62.1 Å². The van der Waals surface area contributed by atoms with Gasteiger partial charge in [0.1, 0.15) is 5.75 Å². The summed E-state index contributed by atoms with van der Waals surface area (Å²) in [5.41, 5.74) is 0.583. The van der Waals surface area contributed by atoms with Crippen molar-refractivity contribution < 1.29 is 14.5 Å². The van der Waals surface area contributed by atoms with Crippen LogP contribution in [0.15, 0.2) is 35.3 Å². The number of fused-ring (bicyclic) bond motifs is 5. The van der Waals surface area contributed by atoms with Crippen LogP contribution in [0.3, 0.4) is 0 Å². The minimum absolute atomic E-state index is 0.0936. The van der Waals surface area contributed by atoms with E-state index in [1.807, 2.05) is 0 Å². The molecule has 0 aliphatic heterocycles.